The molecule has 2 aromatic rings. The van der Waals surface area contributed by atoms with Gasteiger partial charge < -0.3 is 10.6 Å². The van der Waals surface area contributed by atoms with Crippen LogP contribution in [0.2, 0.25) is 0 Å². The first-order valence-corrected chi connectivity index (χ1v) is 6.19. The van der Waals surface area contributed by atoms with Crippen LogP contribution in [0.5, 0.6) is 0 Å². The number of amides is 3. The van der Waals surface area contributed by atoms with E-state index in [0.717, 1.165) is 5.69 Å². The first-order valence-electron chi connectivity index (χ1n) is 6.19. The van der Waals surface area contributed by atoms with Crippen LogP contribution in [0.15, 0.2) is 36.7 Å². The zero-order valence-electron chi connectivity index (χ0n) is 10.6. The highest BCUT2D eigenvalue weighted by molar-refractivity contribution is 6.04. The van der Waals surface area contributed by atoms with Crippen LogP contribution in [-0.2, 0) is 0 Å². The predicted octanol–water partition coefficient (Wildman–Crippen LogP) is 1.19. The molecule has 7 heteroatoms. The van der Waals surface area contributed by atoms with E-state index in [1.54, 1.807) is 23.1 Å². The quantitative estimate of drug-likeness (QED) is 0.783. The Morgan fingerprint density at radius 2 is 2.30 bits per heavy atom. The lowest BCUT2D eigenvalue weighted by Crippen LogP contribution is -2.27. The van der Waals surface area contributed by atoms with Crippen LogP contribution < -0.4 is 15.5 Å². The van der Waals surface area contributed by atoms with Crippen molar-refractivity contribution in [3.63, 3.8) is 0 Å². The highest BCUT2D eigenvalue weighted by atomic mass is 16.2. The molecule has 1 aromatic heterocycles. The number of H-pyrrole nitrogens is 1. The van der Waals surface area contributed by atoms with Crippen molar-refractivity contribution in [1.82, 2.24) is 15.5 Å². The summed E-state index contributed by atoms with van der Waals surface area (Å²) < 4.78 is 0. The van der Waals surface area contributed by atoms with Crippen molar-refractivity contribution in [1.29, 1.82) is 0 Å². The van der Waals surface area contributed by atoms with Crippen LogP contribution in [0.25, 0.3) is 0 Å². The summed E-state index contributed by atoms with van der Waals surface area (Å²) in [6.07, 6.45) is 2.97. The van der Waals surface area contributed by atoms with Crippen molar-refractivity contribution >= 4 is 23.3 Å². The zero-order valence-corrected chi connectivity index (χ0v) is 10.6. The van der Waals surface area contributed by atoms with Gasteiger partial charge in [-0.05, 0) is 18.2 Å². The summed E-state index contributed by atoms with van der Waals surface area (Å²) in [6.45, 7) is 1.25. The Bertz CT molecular complexity index is 638. The predicted molar refractivity (Wildman–Crippen MR) is 73.7 cm³/mol. The number of urea groups is 1. The standard InChI is InChI=1S/C13H13N5O2/c19-12(9-7-15-16-8-9)17-10-2-1-3-11(6-10)18-5-4-14-13(18)20/h1-3,6-8H,4-5H2,(H,14,20)(H,15,16)(H,17,19). The Hall–Kier alpha value is -2.83. The van der Waals surface area contributed by atoms with Crippen molar-refractivity contribution in [3.05, 3.63) is 42.2 Å². The minimum absolute atomic E-state index is 0.122. The Labute approximate surface area is 115 Å². The van der Waals surface area contributed by atoms with E-state index in [1.165, 1.54) is 12.4 Å². The van der Waals surface area contributed by atoms with Crippen molar-refractivity contribution in [3.8, 4) is 0 Å². The second kappa shape index (κ2) is 5.04. The van der Waals surface area contributed by atoms with Gasteiger partial charge in [0.15, 0.2) is 0 Å². The fraction of sp³-hybridized carbons (Fsp3) is 0.154. The fourth-order valence-electron chi connectivity index (χ4n) is 2.05. The van der Waals surface area contributed by atoms with Crippen LogP contribution in [0.1, 0.15) is 10.4 Å². The summed E-state index contributed by atoms with van der Waals surface area (Å²) in [6, 6.07) is 7.05. The molecular formula is C13H13N5O2. The van der Waals surface area contributed by atoms with Gasteiger partial charge in [-0.3, -0.25) is 14.8 Å². The summed E-state index contributed by atoms with van der Waals surface area (Å²) >= 11 is 0. The van der Waals surface area contributed by atoms with Crippen molar-refractivity contribution in [2.24, 2.45) is 0 Å². The molecule has 102 valence electrons. The molecule has 0 aliphatic carbocycles. The van der Waals surface area contributed by atoms with Crippen molar-refractivity contribution in [2.75, 3.05) is 23.3 Å². The third-order valence-electron chi connectivity index (χ3n) is 3.03. The number of hydrogen-bond acceptors (Lipinski definition) is 3. The lowest BCUT2D eigenvalue weighted by Gasteiger charge is -2.15. The molecule has 0 radical (unpaired) electrons. The summed E-state index contributed by atoms with van der Waals surface area (Å²) in [5.74, 6) is -0.248. The van der Waals surface area contributed by atoms with E-state index in [9.17, 15) is 9.59 Å². The second-order valence-electron chi connectivity index (χ2n) is 4.37. The summed E-state index contributed by atoms with van der Waals surface area (Å²) in [4.78, 5) is 25.2. The average molecular weight is 271 g/mol. The molecule has 0 bridgehead atoms. The monoisotopic (exact) mass is 271 g/mol. The Kier molecular flexibility index (Phi) is 3.08. The molecule has 1 aromatic carbocycles. The number of nitrogens with one attached hydrogen (secondary N) is 3. The fourth-order valence-corrected chi connectivity index (χ4v) is 2.05. The highest BCUT2D eigenvalue weighted by Gasteiger charge is 2.21. The number of aromatic amines is 1. The third-order valence-corrected chi connectivity index (χ3v) is 3.03. The van der Waals surface area contributed by atoms with Crippen LogP contribution in [-0.4, -0.2) is 35.2 Å². The molecular weight excluding hydrogens is 258 g/mol. The summed E-state index contributed by atoms with van der Waals surface area (Å²) in [5, 5.41) is 11.8. The van der Waals surface area contributed by atoms with Gasteiger partial charge >= 0.3 is 6.03 Å². The molecule has 1 aliphatic heterocycles. The first kappa shape index (κ1) is 12.2. The molecule has 0 spiro atoms. The number of nitrogens with zero attached hydrogens (tertiary/aromatic N) is 2. The van der Waals surface area contributed by atoms with Crippen LogP contribution in [0.4, 0.5) is 16.2 Å². The smallest absolute Gasteiger partial charge is 0.321 e. The average Bonchev–Trinajstić information content (AvgIpc) is 3.10. The molecule has 0 atom stereocenters. The van der Waals surface area contributed by atoms with E-state index >= 15 is 0 Å². The van der Waals surface area contributed by atoms with Crippen molar-refractivity contribution in [2.45, 2.75) is 0 Å². The molecule has 1 saturated heterocycles. The van der Waals surface area contributed by atoms with Gasteiger partial charge in [0.1, 0.15) is 0 Å². The highest BCUT2D eigenvalue weighted by Crippen LogP contribution is 2.21. The molecule has 3 rings (SSSR count). The Morgan fingerprint density at radius 1 is 1.40 bits per heavy atom. The van der Waals surface area contributed by atoms with E-state index in [0.29, 0.717) is 24.3 Å². The number of anilines is 2. The maximum atomic E-state index is 11.9. The topological polar surface area (TPSA) is 90.1 Å². The molecule has 2 heterocycles. The van der Waals surface area contributed by atoms with Gasteiger partial charge in [0.05, 0.1) is 11.8 Å². The Balaban J connectivity index is 1.78. The van der Waals surface area contributed by atoms with Gasteiger partial charge in [-0.1, -0.05) is 6.07 Å². The molecule has 3 N–H and O–H groups in total. The van der Waals surface area contributed by atoms with Gasteiger partial charge in [-0.25, -0.2) is 4.79 Å². The van der Waals surface area contributed by atoms with Gasteiger partial charge in [0.25, 0.3) is 5.91 Å². The number of rotatable bonds is 3. The number of benzene rings is 1. The van der Waals surface area contributed by atoms with E-state index in [1.807, 2.05) is 6.07 Å². The lowest BCUT2D eigenvalue weighted by atomic mass is 10.2. The molecule has 1 aliphatic rings. The van der Waals surface area contributed by atoms with E-state index in [-0.39, 0.29) is 11.9 Å². The molecule has 1 fully saturated rings. The van der Waals surface area contributed by atoms with Crippen LogP contribution in [0.3, 0.4) is 0 Å². The van der Waals surface area contributed by atoms with Gasteiger partial charge in [0, 0.05) is 30.7 Å². The zero-order chi connectivity index (χ0) is 13.9. The van der Waals surface area contributed by atoms with Crippen molar-refractivity contribution < 1.29 is 9.59 Å². The molecule has 7 nitrogen and oxygen atoms in total. The SMILES string of the molecule is O=C(Nc1cccc(N2CCNC2=O)c1)c1cn[nH]c1. The normalized spacial score (nSPS) is 14.2. The first-order chi connectivity index (χ1) is 9.74. The number of carbonyl (C=O) groups excluding carboxylic acids is 2. The van der Waals surface area contributed by atoms with Crippen LogP contribution in [0, 0.1) is 0 Å². The Morgan fingerprint density at radius 3 is 3.00 bits per heavy atom. The molecule has 0 saturated carbocycles. The largest absolute Gasteiger partial charge is 0.336 e. The van der Waals surface area contributed by atoms with Gasteiger partial charge in [0.2, 0.25) is 0 Å². The number of aromatic nitrogens is 2. The minimum atomic E-state index is -0.248. The van der Waals surface area contributed by atoms with Gasteiger partial charge in [-0.15, -0.1) is 0 Å². The lowest BCUT2D eigenvalue weighted by molar-refractivity contribution is 0.102. The van der Waals surface area contributed by atoms with Crippen LogP contribution >= 0.6 is 0 Å². The summed E-state index contributed by atoms with van der Waals surface area (Å²) in [7, 11) is 0. The van der Waals surface area contributed by atoms with E-state index in [2.05, 4.69) is 20.8 Å². The molecule has 0 unspecified atom stereocenters. The van der Waals surface area contributed by atoms with E-state index < -0.39 is 0 Å². The second-order valence-corrected chi connectivity index (χ2v) is 4.37. The minimum Gasteiger partial charge on any atom is -0.336 e. The maximum absolute atomic E-state index is 11.9. The number of carbonyl (C=O) groups is 2. The molecule has 3 amide bonds. The van der Waals surface area contributed by atoms with E-state index in [4.69, 9.17) is 0 Å². The molecule has 20 heavy (non-hydrogen) atoms. The van der Waals surface area contributed by atoms with Gasteiger partial charge in [-0.2, -0.15) is 5.10 Å². The maximum Gasteiger partial charge on any atom is 0.321 e. The number of hydrogen-bond donors (Lipinski definition) is 3. The summed E-state index contributed by atoms with van der Waals surface area (Å²) in [5.41, 5.74) is 1.84. The third kappa shape index (κ3) is 2.33.